The molecule has 0 saturated heterocycles. The molecule has 0 aliphatic heterocycles. The smallest absolute Gasteiger partial charge is 0.103 e. The molecular formula is C10H23F. The molecule has 1 aliphatic carbocycles. The van der Waals surface area contributed by atoms with E-state index in [2.05, 4.69) is 0 Å². The summed E-state index contributed by atoms with van der Waals surface area (Å²) in [6, 6.07) is 0. The molecule has 0 aromatic heterocycles. The molecule has 11 heavy (non-hydrogen) atoms. The van der Waals surface area contributed by atoms with E-state index in [4.69, 9.17) is 0 Å². The first-order chi connectivity index (χ1) is 5.30. The fourth-order valence-electron chi connectivity index (χ4n) is 1.10. The fraction of sp³-hybridized carbons (Fsp3) is 1.00. The Bertz CT molecular complexity index is 53.9. The molecule has 2 atom stereocenters. The van der Waals surface area contributed by atoms with Crippen molar-refractivity contribution in [1.82, 2.24) is 0 Å². The Kier molecular flexibility index (Phi) is 12.2. The molecule has 0 amide bonds. The average Bonchev–Trinajstić information content (AvgIpc) is 2.44. The zero-order valence-electron chi connectivity index (χ0n) is 8.65. The van der Waals surface area contributed by atoms with E-state index in [1.54, 1.807) is 0 Å². The second kappa shape index (κ2) is 9.93. The summed E-state index contributed by atoms with van der Waals surface area (Å²) in [5.74, 6) is 0.347. The maximum absolute atomic E-state index is 12.3. The van der Waals surface area contributed by atoms with Crippen molar-refractivity contribution in [2.24, 2.45) is 5.92 Å². The SMILES string of the molecule is CC.CC.CC1CCC[C@@H]1F. The molecule has 0 heterocycles. The van der Waals surface area contributed by atoms with Crippen LogP contribution in [-0.4, -0.2) is 6.17 Å². The monoisotopic (exact) mass is 162 g/mol. The van der Waals surface area contributed by atoms with Gasteiger partial charge in [0.25, 0.3) is 0 Å². The standard InChI is InChI=1S/C6H11F.2C2H6/c1-5-3-2-4-6(5)7;2*1-2/h5-6H,2-4H2,1H3;2*1-2H3/t5?,6-;;/m0../s1. The van der Waals surface area contributed by atoms with Crippen LogP contribution in [-0.2, 0) is 0 Å². The average molecular weight is 162 g/mol. The molecule has 1 rings (SSSR count). The Balaban J connectivity index is 0. The minimum Gasteiger partial charge on any atom is -0.247 e. The first-order valence-corrected chi connectivity index (χ1v) is 4.95. The van der Waals surface area contributed by atoms with Gasteiger partial charge in [-0.2, -0.15) is 0 Å². The maximum atomic E-state index is 12.3. The summed E-state index contributed by atoms with van der Waals surface area (Å²) in [4.78, 5) is 0. The van der Waals surface area contributed by atoms with Gasteiger partial charge in [-0.3, -0.25) is 0 Å². The van der Waals surface area contributed by atoms with Gasteiger partial charge in [-0.25, -0.2) is 4.39 Å². The molecule has 1 aliphatic rings. The van der Waals surface area contributed by atoms with Crippen LogP contribution >= 0.6 is 0 Å². The van der Waals surface area contributed by atoms with Crippen LogP contribution in [0.2, 0.25) is 0 Å². The van der Waals surface area contributed by atoms with E-state index in [0.29, 0.717) is 5.92 Å². The first kappa shape index (κ1) is 13.5. The third kappa shape index (κ3) is 6.33. The number of alkyl halides is 1. The zero-order valence-corrected chi connectivity index (χ0v) is 8.65. The van der Waals surface area contributed by atoms with Gasteiger partial charge in [0.1, 0.15) is 6.17 Å². The Morgan fingerprint density at radius 1 is 1.00 bits per heavy atom. The highest BCUT2D eigenvalue weighted by atomic mass is 19.1. The van der Waals surface area contributed by atoms with Crippen LogP contribution in [0.15, 0.2) is 0 Å². The van der Waals surface area contributed by atoms with Crippen LogP contribution in [0.3, 0.4) is 0 Å². The van der Waals surface area contributed by atoms with E-state index in [9.17, 15) is 4.39 Å². The zero-order chi connectivity index (χ0) is 9.28. The maximum Gasteiger partial charge on any atom is 0.103 e. The van der Waals surface area contributed by atoms with Crippen molar-refractivity contribution in [3.05, 3.63) is 0 Å². The number of hydrogen-bond acceptors (Lipinski definition) is 0. The highest BCUT2D eigenvalue weighted by Crippen LogP contribution is 2.26. The highest BCUT2D eigenvalue weighted by molar-refractivity contribution is 4.72. The molecule has 1 fully saturated rings. The van der Waals surface area contributed by atoms with Crippen molar-refractivity contribution in [3.63, 3.8) is 0 Å². The molecule has 1 saturated carbocycles. The topological polar surface area (TPSA) is 0 Å². The van der Waals surface area contributed by atoms with Crippen molar-refractivity contribution < 1.29 is 4.39 Å². The van der Waals surface area contributed by atoms with Gasteiger partial charge in [-0.15, -0.1) is 0 Å². The molecule has 0 N–H and O–H groups in total. The van der Waals surface area contributed by atoms with E-state index in [-0.39, 0.29) is 0 Å². The fourth-order valence-corrected chi connectivity index (χ4v) is 1.10. The minimum absolute atomic E-state index is 0.347. The van der Waals surface area contributed by atoms with Crippen molar-refractivity contribution in [2.75, 3.05) is 0 Å². The number of rotatable bonds is 0. The molecule has 1 heteroatoms. The lowest BCUT2D eigenvalue weighted by Crippen LogP contribution is -2.01. The van der Waals surface area contributed by atoms with E-state index in [0.717, 1.165) is 19.3 Å². The summed E-state index contributed by atoms with van der Waals surface area (Å²) in [7, 11) is 0. The van der Waals surface area contributed by atoms with E-state index in [1.807, 2.05) is 34.6 Å². The highest BCUT2D eigenvalue weighted by Gasteiger charge is 2.21. The van der Waals surface area contributed by atoms with Gasteiger partial charge in [0.2, 0.25) is 0 Å². The van der Waals surface area contributed by atoms with Crippen LogP contribution in [0, 0.1) is 5.92 Å². The Hall–Kier alpha value is -0.0700. The van der Waals surface area contributed by atoms with Gasteiger partial charge < -0.3 is 0 Å². The lowest BCUT2D eigenvalue weighted by molar-refractivity contribution is 0.278. The molecule has 70 valence electrons. The summed E-state index contributed by atoms with van der Waals surface area (Å²) in [6.45, 7) is 9.98. The summed E-state index contributed by atoms with van der Waals surface area (Å²) in [6.07, 6.45) is 2.52. The third-order valence-electron chi connectivity index (χ3n) is 1.76. The van der Waals surface area contributed by atoms with Crippen LogP contribution in [0.25, 0.3) is 0 Å². The normalized spacial score (nSPS) is 27.8. The van der Waals surface area contributed by atoms with E-state index in [1.165, 1.54) is 0 Å². The van der Waals surface area contributed by atoms with Gasteiger partial charge >= 0.3 is 0 Å². The molecule has 0 aromatic carbocycles. The van der Waals surface area contributed by atoms with E-state index >= 15 is 0 Å². The molecule has 0 aromatic rings. The molecule has 0 radical (unpaired) electrons. The van der Waals surface area contributed by atoms with Crippen molar-refractivity contribution in [2.45, 2.75) is 60.1 Å². The quantitative estimate of drug-likeness (QED) is 0.501. The predicted octanol–water partition coefficient (Wildman–Crippen LogP) is 4.20. The molecule has 1 unspecified atom stereocenters. The summed E-state index contributed by atoms with van der Waals surface area (Å²) < 4.78 is 12.3. The Morgan fingerprint density at radius 3 is 1.55 bits per heavy atom. The van der Waals surface area contributed by atoms with Gasteiger partial charge in [0, 0.05) is 0 Å². The predicted molar refractivity (Wildman–Crippen MR) is 50.6 cm³/mol. The van der Waals surface area contributed by atoms with Gasteiger partial charge in [-0.1, -0.05) is 41.0 Å². The van der Waals surface area contributed by atoms with Crippen molar-refractivity contribution in [1.29, 1.82) is 0 Å². The lowest BCUT2D eigenvalue weighted by atomic mass is 10.1. The van der Waals surface area contributed by atoms with Crippen LogP contribution in [0.4, 0.5) is 4.39 Å². The van der Waals surface area contributed by atoms with Gasteiger partial charge in [0.05, 0.1) is 0 Å². The molecule has 0 spiro atoms. The van der Waals surface area contributed by atoms with Crippen molar-refractivity contribution in [3.8, 4) is 0 Å². The lowest BCUT2D eigenvalue weighted by Gasteiger charge is -2.00. The second-order valence-corrected chi connectivity index (χ2v) is 2.42. The van der Waals surface area contributed by atoms with Crippen LogP contribution in [0.5, 0.6) is 0 Å². The van der Waals surface area contributed by atoms with Gasteiger partial charge in [-0.05, 0) is 18.8 Å². The molecule has 0 nitrogen and oxygen atoms in total. The largest absolute Gasteiger partial charge is 0.247 e. The van der Waals surface area contributed by atoms with Gasteiger partial charge in [0.15, 0.2) is 0 Å². The second-order valence-electron chi connectivity index (χ2n) is 2.42. The summed E-state index contributed by atoms with van der Waals surface area (Å²) in [5.41, 5.74) is 0. The summed E-state index contributed by atoms with van der Waals surface area (Å²) in [5, 5.41) is 0. The van der Waals surface area contributed by atoms with Crippen LogP contribution in [0.1, 0.15) is 53.9 Å². The number of halogens is 1. The van der Waals surface area contributed by atoms with Crippen LogP contribution < -0.4 is 0 Å². The Morgan fingerprint density at radius 2 is 1.45 bits per heavy atom. The third-order valence-corrected chi connectivity index (χ3v) is 1.76. The van der Waals surface area contributed by atoms with E-state index < -0.39 is 6.17 Å². The molecule has 0 bridgehead atoms. The summed E-state index contributed by atoms with van der Waals surface area (Å²) >= 11 is 0. The Labute approximate surface area is 71.2 Å². The molecular weight excluding hydrogens is 139 g/mol. The first-order valence-electron chi connectivity index (χ1n) is 4.95. The minimum atomic E-state index is -0.486. The van der Waals surface area contributed by atoms with Crippen molar-refractivity contribution >= 4 is 0 Å². The number of hydrogen-bond donors (Lipinski definition) is 0.